The van der Waals surface area contributed by atoms with Crippen LogP contribution in [-0.4, -0.2) is 65.0 Å². The van der Waals surface area contributed by atoms with Gasteiger partial charge in [0.15, 0.2) is 0 Å². The van der Waals surface area contributed by atoms with Crippen molar-refractivity contribution in [3.05, 3.63) is 12.7 Å². The smallest absolute Gasteiger partial charge is 0.242 e. The third kappa shape index (κ3) is 4.46. The highest BCUT2D eigenvalue weighted by molar-refractivity contribution is 5.85. The van der Waals surface area contributed by atoms with Gasteiger partial charge in [0.1, 0.15) is 6.04 Å². The lowest BCUT2D eigenvalue weighted by atomic mass is 9.72. The van der Waals surface area contributed by atoms with E-state index in [1.165, 1.54) is 6.92 Å². The molecule has 2 fully saturated rings. The summed E-state index contributed by atoms with van der Waals surface area (Å²) in [5.41, 5.74) is 5.85. The van der Waals surface area contributed by atoms with Crippen LogP contribution in [-0.2, 0) is 9.59 Å². The van der Waals surface area contributed by atoms with Gasteiger partial charge in [-0.3, -0.25) is 9.59 Å². The van der Waals surface area contributed by atoms with Crippen LogP contribution in [0, 0.1) is 5.41 Å². The minimum absolute atomic E-state index is 0. The highest BCUT2D eigenvalue weighted by Crippen LogP contribution is 2.40. The van der Waals surface area contributed by atoms with E-state index >= 15 is 0 Å². The van der Waals surface area contributed by atoms with Gasteiger partial charge in [-0.25, -0.2) is 0 Å². The van der Waals surface area contributed by atoms with Gasteiger partial charge in [-0.15, -0.1) is 19.0 Å². The van der Waals surface area contributed by atoms with Crippen molar-refractivity contribution < 1.29 is 14.7 Å². The Morgan fingerprint density at radius 2 is 2.04 bits per heavy atom. The van der Waals surface area contributed by atoms with E-state index in [2.05, 4.69) is 6.58 Å². The van der Waals surface area contributed by atoms with Crippen molar-refractivity contribution in [2.45, 2.75) is 44.8 Å². The first-order valence-electron chi connectivity index (χ1n) is 8.00. The van der Waals surface area contributed by atoms with Crippen LogP contribution in [0.25, 0.3) is 0 Å². The molecule has 1 spiro atoms. The maximum Gasteiger partial charge on any atom is 0.242 e. The van der Waals surface area contributed by atoms with Crippen LogP contribution in [0.4, 0.5) is 0 Å². The molecular weight excluding hydrogens is 318 g/mol. The molecular formula is C16H28ClN3O3. The molecule has 0 aromatic rings. The molecule has 0 unspecified atom stereocenters. The Balaban J connectivity index is 0.00000264. The van der Waals surface area contributed by atoms with Crippen molar-refractivity contribution in [1.82, 2.24) is 9.80 Å². The summed E-state index contributed by atoms with van der Waals surface area (Å²) in [5.74, 6) is 0.0137. The maximum atomic E-state index is 12.2. The highest BCUT2D eigenvalue weighted by Gasteiger charge is 2.42. The Kier molecular flexibility index (Phi) is 7.04. The third-order valence-corrected chi connectivity index (χ3v) is 5.04. The van der Waals surface area contributed by atoms with Crippen LogP contribution in [0.5, 0.6) is 0 Å². The number of halogens is 1. The lowest BCUT2D eigenvalue weighted by Crippen LogP contribution is -2.56. The summed E-state index contributed by atoms with van der Waals surface area (Å²) >= 11 is 0. The lowest BCUT2D eigenvalue weighted by molar-refractivity contribution is -0.143. The molecule has 0 aromatic carbocycles. The van der Waals surface area contributed by atoms with E-state index in [4.69, 9.17) is 5.73 Å². The van der Waals surface area contributed by atoms with Crippen molar-refractivity contribution in [2.24, 2.45) is 11.1 Å². The van der Waals surface area contributed by atoms with E-state index < -0.39 is 12.1 Å². The topological polar surface area (TPSA) is 86.9 Å². The minimum atomic E-state index is -0.848. The van der Waals surface area contributed by atoms with E-state index in [0.717, 1.165) is 25.8 Å². The molecule has 0 bridgehead atoms. The van der Waals surface area contributed by atoms with Gasteiger partial charge in [-0.2, -0.15) is 0 Å². The fourth-order valence-corrected chi connectivity index (χ4v) is 3.45. The number of likely N-dealkylation sites (tertiary alicyclic amines) is 2. The molecule has 2 aliphatic heterocycles. The molecule has 0 aromatic heterocycles. The first kappa shape index (κ1) is 19.9. The highest BCUT2D eigenvalue weighted by atomic mass is 35.5. The van der Waals surface area contributed by atoms with Gasteiger partial charge < -0.3 is 20.6 Å². The number of carbonyl (C=O) groups excluding carboxylic acids is 2. The SMILES string of the molecule is C=CCN1CC2(CCC1=O)CCN(C(=O)[C@@H](N)[C@@H](C)O)CC2.Cl. The lowest BCUT2D eigenvalue weighted by Gasteiger charge is -2.47. The summed E-state index contributed by atoms with van der Waals surface area (Å²) in [6.07, 6.45) is 4.16. The van der Waals surface area contributed by atoms with E-state index in [0.29, 0.717) is 26.1 Å². The van der Waals surface area contributed by atoms with Gasteiger partial charge in [-0.1, -0.05) is 6.08 Å². The summed E-state index contributed by atoms with van der Waals surface area (Å²) in [4.78, 5) is 27.7. The number of carbonyl (C=O) groups is 2. The van der Waals surface area contributed by atoms with Crippen LogP contribution in [0.1, 0.15) is 32.6 Å². The van der Waals surface area contributed by atoms with E-state index in [1.54, 1.807) is 11.0 Å². The zero-order valence-electron chi connectivity index (χ0n) is 13.7. The number of amides is 2. The van der Waals surface area contributed by atoms with Crippen LogP contribution < -0.4 is 5.73 Å². The molecule has 132 valence electrons. The average Bonchev–Trinajstić information content (AvgIpc) is 2.51. The van der Waals surface area contributed by atoms with E-state index in [1.807, 2.05) is 4.90 Å². The summed E-state index contributed by atoms with van der Waals surface area (Å²) < 4.78 is 0. The van der Waals surface area contributed by atoms with Crippen LogP contribution in [0.3, 0.4) is 0 Å². The molecule has 3 N–H and O–H groups in total. The Morgan fingerprint density at radius 3 is 2.57 bits per heavy atom. The predicted molar refractivity (Wildman–Crippen MR) is 91.2 cm³/mol. The summed E-state index contributed by atoms with van der Waals surface area (Å²) in [6, 6.07) is -0.848. The quantitative estimate of drug-likeness (QED) is 0.728. The number of nitrogens with zero attached hydrogens (tertiary/aromatic N) is 2. The number of nitrogens with two attached hydrogens (primary N) is 1. The fraction of sp³-hybridized carbons (Fsp3) is 0.750. The molecule has 23 heavy (non-hydrogen) atoms. The molecule has 2 rings (SSSR count). The monoisotopic (exact) mass is 345 g/mol. The van der Waals surface area contributed by atoms with Crippen molar-refractivity contribution in [2.75, 3.05) is 26.2 Å². The first-order chi connectivity index (χ1) is 10.4. The van der Waals surface area contributed by atoms with E-state index in [-0.39, 0.29) is 29.6 Å². The van der Waals surface area contributed by atoms with Gasteiger partial charge >= 0.3 is 0 Å². The predicted octanol–water partition coefficient (Wildman–Crippen LogP) is 0.534. The van der Waals surface area contributed by atoms with Gasteiger partial charge in [-0.05, 0) is 31.6 Å². The third-order valence-electron chi connectivity index (χ3n) is 5.04. The Hall–Kier alpha value is -1.11. The molecule has 0 aliphatic carbocycles. The molecule has 2 saturated heterocycles. The Labute approximate surface area is 144 Å². The van der Waals surface area contributed by atoms with Crippen molar-refractivity contribution in [3.8, 4) is 0 Å². The second kappa shape index (κ2) is 8.13. The molecule has 7 heteroatoms. The van der Waals surface area contributed by atoms with E-state index in [9.17, 15) is 14.7 Å². The van der Waals surface area contributed by atoms with Crippen molar-refractivity contribution in [1.29, 1.82) is 0 Å². The van der Waals surface area contributed by atoms with Crippen LogP contribution >= 0.6 is 12.4 Å². The molecule has 0 saturated carbocycles. The summed E-state index contributed by atoms with van der Waals surface area (Å²) in [7, 11) is 0. The second-order valence-corrected chi connectivity index (χ2v) is 6.65. The number of hydrogen-bond acceptors (Lipinski definition) is 4. The molecule has 2 amide bonds. The standard InChI is InChI=1S/C16H27N3O3.ClH/c1-3-8-19-11-16(5-4-13(19)21)6-9-18(10-7-16)15(22)14(17)12(2)20;/h3,12,14,20H,1,4-11,17H2,2H3;1H/t12-,14+;/m1./s1. The van der Waals surface area contributed by atoms with Gasteiger partial charge in [0, 0.05) is 32.6 Å². The molecule has 2 heterocycles. The number of aliphatic hydroxyl groups excluding tert-OH is 1. The van der Waals surface area contributed by atoms with Gasteiger partial charge in [0.05, 0.1) is 6.10 Å². The van der Waals surface area contributed by atoms with Gasteiger partial charge in [0.25, 0.3) is 0 Å². The van der Waals surface area contributed by atoms with Crippen LogP contribution in [0.2, 0.25) is 0 Å². The minimum Gasteiger partial charge on any atom is -0.391 e. The summed E-state index contributed by atoms with van der Waals surface area (Å²) in [6.45, 7) is 7.89. The molecule has 2 atom stereocenters. The second-order valence-electron chi connectivity index (χ2n) is 6.65. The van der Waals surface area contributed by atoms with Crippen LogP contribution in [0.15, 0.2) is 12.7 Å². The van der Waals surface area contributed by atoms with Crippen molar-refractivity contribution >= 4 is 24.2 Å². The molecule has 2 aliphatic rings. The zero-order valence-corrected chi connectivity index (χ0v) is 14.6. The number of piperidine rings is 2. The average molecular weight is 346 g/mol. The number of aliphatic hydroxyl groups is 1. The number of rotatable bonds is 4. The molecule has 6 nitrogen and oxygen atoms in total. The van der Waals surface area contributed by atoms with Gasteiger partial charge in [0.2, 0.25) is 11.8 Å². The zero-order chi connectivity index (χ0) is 16.3. The Morgan fingerprint density at radius 1 is 1.43 bits per heavy atom. The first-order valence-corrected chi connectivity index (χ1v) is 8.00. The largest absolute Gasteiger partial charge is 0.391 e. The maximum absolute atomic E-state index is 12.2. The normalized spacial score (nSPS) is 23.2. The summed E-state index contributed by atoms with van der Waals surface area (Å²) in [5, 5.41) is 9.46. The number of hydrogen-bond donors (Lipinski definition) is 2. The van der Waals surface area contributed by atoms with Crippen molar-refractivity contribution in [3.63, 3.8) is 0 Å². The molecule has 0 radical (unpaired) electrons. The Bertz CT molecular complexity index is 448. The fourth-order valence-electron chi connectivity index (χ4n) is 3.45.